The van der Waals surface area contributed by atoms with Gasteiger partial charge in [0.1, 0.15) is 0 Å². The molecule has 0 unspecified atom stereocenters. The lowest BCUT2D eigenvalue weighted by atomic mass is 10.1. The maximum absolute atomic E-state index is 10.8. The average Bonchev–Trinajstić information content (AvgIpc) is 1.74. The van der Waals surface area contributed by atoms with Crippen LogP contribution in [0.15, 0.2) is 12.3 Å². The summed E-state index contributed by atoms with van der Waals surface area (Å²) >= 11 is 0. The number of rotatable bonds is 3. The normalized spacial score (nSPS) is 19.0. The molecular formula is C7H14N2O2S. The van der Waals surface area contributed by atoms with Crippen molar-refractivity contribution in [3.05, 3.63) is 12.3 Å². The van der Waals surface area contributed by atoms with Gasteiger partial charge in [0.2, 0.25) is 10.0 Å². The molecule has 0 aromatic heterocycles. The molecule has 0 aromatic rings. The highest BCUT2D eigenvalue weighted by atomic mass is 32.2. The highest BCUT2D eigenvalue weighted by Gasteiger charge is 2.27. The Kier molecular flexibility index (Phi) is 2.44. The second kappa shape index (κ2) is 3.06. The van der Waals surface area contributed by atoms with Gasteiger partial charge in [0.15, 0.2) is 0 Å². The fourth-order valence-corrected chi connectivity index (χ4v) is 1.92. The predicted octanol–water partition coefficient (Wildman–Crippen LogP) is -0.247. The van der Waals surface area contributed by atoms with Gasteiger partial charge < -0.3 is 4.90 Å². The fraction of sp³-hybridized carbons (Fsp3) is 0.714. The van der Waals surface area contributed by atoms with Crippen LogP contribution >= 0.6 is 0 Å². The standard InChI is InChI=1S/C7H14N2O2S/c1-6(2)9-4-7(5-9)8-12(3,10)11/h7-8H,1,4-5H2,2-3H3. The number of likely N-dealkylation sites (tertiary alicyclic amines) is 1. The SMILES string of the molecule is C=C(C)N1CC(NS(C)(=O)=O)C1. The van der Waals surface area contributed by atoms with Crippen LogP contribution < -0.4 is 4.72 Å². The van der Waals surface area contributed by atoms with Crippen molar-refractivity contribution in [2.75, 3.05) is 19.3 Å². The van der Waals surface area contributed by atoms with E-state index >= 15 is 0 Å². The molecule has 1 N–H and O–H groups in total. The molecule has 0 amide bonds. The van der Waals surface area contributed by atoms with E-state index in [2.05, 4.69) is 11.3 Å². The van der Waals surface area contributed by atoms with Crippen molar-refractivity contribution in [2.24, 2.45) is 0 Å². The van der Waals surface area contributed by atoms with Crippen LogP contribution in [-0.2, 0) is 10.0 Å². The summed E-state index contributed by atoms with van der Waals surface area (Å²) in [5.74, 6) is 0. The van der Waals surface area contributed by atoms with Crippen LogP contribution in [-0.4, -0.2) is 38.7 Å². The molecule has 12 heavy (non-hydrogen) atoms. The first kappa shape index (κ1) is 9.54. The summed E-state index contributed by atoms with van der Waals surface area (Å²) in [7, 11) is -3.04. The zero-order valence-electron chi connectivity index (χ0n) is 7.37. The van der Waals surface area contributed by atoms with E-state index in [9.17, 15) is 8.42 Å². The zero-order chi connectivity index (χ0) is 9.35. The number of hydrogen-bond donors (Lipinski definition) is 1. The quantitative estimate of drug-likeness (QED) is 0.668. The first-order chi connectivity index (χ1) is 5.38. The van der Waals surface area contributed by atoms with Gasteiger partial charge in [0.05, 0.1) is 12.3 Å². The summed E-state index contributed by atoms with van der Waals surface area (Å²) in [4.78, 5) is 2.03. The van der Waals surface area contributed by atoms with E-state index in [1.165, 1.54) is 6.26 Å². The number of sulfonamides is 1. The van der Waals surface area contributed by atoms with Crippen LogP contribution in [0.5, 0.6) is 0 Å². The summed E-state index contributed by atoms with van der Waals surface area (Å²) in [5, 5.41) is 0. The molecule has 1 aliphatic heterocycles. The minimum absolute atomic E-state index is 0.0664. The van der Waals surface area contributed by atoms with E-state index in [1.807, 2.05) is 11.8 Å². The van der Waals surface area contributed by atoms with Crippen molar-refractivity contribution < 1.29 is 8.42 Å². The first-order valence-electron chi connectivity index (χ1n) is 3.76. The number of nitrogens with zero attached hydrogens (tertiary/aromatic N) is 1. The number of nitrogens with one attached hydrogen (secondary N) is 1. The zero-order valence-corrected chi connectivity index (χ0v) is 8.19. The lowest BCUT2D eigenvalue weighted by Gasteiger charge is -2.40. The topological polar surface area (TPSA) is 49.4 Å². The van der Waals surface area contributed by atoms with Crippen LogP contribution in [0.2, 0.25) is 0 Å². The molecule has 5 heteroatoms. The van der Waals surface area contributed by atoms with Crippen LogP contribution in [0.25, 0.3) is 0 Å². The molecule has 1 rings (SSSR count). The molecule has 0 radical (unpaired) electrons. The van der Waals surface area contributed by atoms with Gasteiger partial charge in [-0.05, 0) is 6.92 Å². The Bertz CT molecular complexity index is 278. The van der Waals surface area contributed by atoms with Crippen LogP contribution in [0, 0.1) is 0 Å². The van der Waals surface area contributed by atoms with Crippen molar-refractivity contribution in [1.29, 1.82) is 0 Å². The Balaban J connectivity index is 2.32. The largest absolute Gasteiger partial charge is 0.372 e. The van der Waals surface area contributed by atoms with E-state index in [0.29, 0.717) is 0 Å². The Morgan fingerprint density at radius 3 is 2.42 bits per heavy atom. The van der Waals surface area contributed by atoms with Gasteiger partial charge >= 0.3 is 0 Å². The third kappa shape index (κ3) is 2.49. The summed E-state index contributed by atoms with van der Waals surface area (Å²) < 4.78 is 24.0. The lowest BCUT2D eigenvalue weighted by molar-refractivity contribution is 0.190. The molecule has 0 aliphatic carbocycles. The smallest absolute Gasteiger partial charge is 0.209 e. The molecule has 1 fully saturated rings. The molecule has 70 valence electrons. The van der Waals surface area contributed by atoms with Crippen LogP contribution in [0.4, 0.5) is 0 Å². The highest BCUT2D eigenvalue weighted by molar-refractivity contribution is 7.88. The Morgan fingerprint density at radius 2 is 2.08 bits per heavy atom. The van der Waals surface area contributed by atoms with Crippen molar-refractivity contribution in [3.8, 4) is 0 Å². The molecular weight excluding hydrogens is 176 g/mol. The molecule has 1 saturated heterocycles. The van der Waals surface area contributed by atoms with Gasteiger partial charge in [-0.1, -0.05) is 6.58 Å². The summed E-state index contributed by atoms with van der Waals surface area (Å²) in [6, 6.07) is 0.0664. The first-order valence-corrected chi connectivity index (χ1v) is 5.65. The van der Waals surface area contributed by atoms with E-state index in [4.69, 9.17) is 0 Å². The van der Waals surface area contributed by atoms with Gasteiger partial charge in [-0.3, -0.25) is 0 Å². The van der Waals surface area contributed by atoms with E-state index in [0.717, 1.165) is 18.8 Å². The van der Waals surface area contributed by atoms with Gasteiger partial charge in [0, 0.05) is 18.8 Å². The molecule has 4 nitrogen and oxygen atoms in total. The third-order valence-electron chi connectivity index (χ3n) is 1.80. The Hall–Kier alpha value is -0.550. The van der Waals surface area contributed by atoms with E-state index in [1.54, 1.807) is 0 Å². The summed E-state index contributed by atoms with van der Waals surface area (Å²) in [6.45, 7) is 7.15. The van der Waals surface area contributed by atoms with E-state index < -0.39 is 10.0 Å². The summed E-state index contributed by atoms with van der Waals surface area (Å²) in [6.07, 6.45) is 1.18. The lowest BCUT2D eigenvalue weighted by Crippen LogP contribution is -2.57. The maximum atomic E-state index is 10.8. The molecule has 0 atom stereocenters. The second-order valence-electron chi connectivity index (χ2n) is 3.23. The Labute approximate surface area is 73.3 Å². The fourth-order valence-electron chi connectivity index (χ4n) is 1.17. The molecule has 1 heterocycles. The predicted molar refractivity (Wildman–Crippen MR) is 48.2 cm³/mol. The van der Waals surface area contributed by atoms with Crippen LogP contribution in [0.3, 0.4) is 0 Å². The molecule has 1 aliphatic rings. The molecule has 0 aromatic carbocycles. The van der Waals surface area contributed by atoms with Gasteiger partial charge in [-0.15, -0.1) is 0 Å². The van der Waals surface area contributed by atoms with Crippen LogP contribution in [0.1, 0.15) is 6.92 Å². The maximum Gasteiger partial charge on any atom is 0.209 e. The average molecular weight is 190 g/mol. The molecule has 0 bridgehead atoms. The van der Waals surface area contributed by atoms with Gasteiger partial charge in [0.25, 0.3) is 0 Å². The van der Waals surface area contributed by atoms with Crippen molar-refractivity contribution in [1.82, 2.24) is 9.62 Å². The molecule has 0 spiro atoms. The van der Waals surface area contributed by atoms with Gasteiger partial charge in [-0.2, -0.15) is 0 Å². The number of hydrogen-bond acceptors (Lipinski definition) is 3. The van der Waals surface area contributed by atoms with Crippen molar-refractivity contribution >= 4 is 10.0 Å². The monoisotopic (exact) mass is 190 g/mol. The third-order valence-corrected chi connectivity index (χ3v) is 2.56. The number of allylic oxidation sites excluding steroid dienone is 1. The van der Waals surface area contributed by atoms with Gasteiger partial charge in [-0.25, -0.2) is 13.1 Å². The Morgan fingerprint density at radius 1 is 1.58 bits per heavy atom. The van der Waals surface area contributed by atoms with Crippen molar-refractivity contribution in [2.45, 2.75) is 13.0 Å². The second-order valence-corrected chi connectivity index (χ2v) is 5.01. The highest BCUT2D eigenvalue weighted by Crippen LogP contribution is 2.13. The van der Waals surface area contributed by atoms with Crippen molar-refractivity contribution in [3.63, 3.8) is 0 Å². The van der Waals surface area contributed by atoms with E-state index in [-0.39, 0.29) is 6.04 Å². The summed E-state index contributed by atoms with van der Waals surface area (Å²) in [5.41, 5.74) is 0.988. The minimum Gasteiger partial charge on any atom is -0.372 e. The minimum atomic E-state index is -3.04. The molecule has 0 saturated carbocycles.